The van der Waals surface area contributed by atoms with E-state index in [0.717, 1.165) is 17.8 Å². The minimum absolute atomic E-state index is 0.545. The lowest BCUT2D eigenvalue weighted by molar-refractivity contribution is 0.0112. The lowest BCUT2D eigenvalue weighted by Gasteiger charge is -2.53. The van der Waals surface area contributed by atoms with Crippen LogP contribution < -0.4 is 0 Å². The van der Waals surface area contributed by atoms with Gasteiger partial charge in [-0.15, -0.1) is 0 Å². The van der Waals surface area contributed by atoms with Crippen molar-refractivity contribution >= 4 is 8.32 Å². The van der Waals surface area contributed by atoms with Crippen molar-refractivity contribution in [3.8, 4) is 0 Å². The summed E-state index contributed by atoms with van der Waals surface area (Å²) < 4.78 is 6.39. The van der Waals surface area contributed by atoms with Crippen molar-refractivity contribution in [2.24, 2.45) is 23.2 Å². The zero-order valence-corrected chi connectivity index (χ0v) is 14.0. The second kappa shape index (κ2) is 4.70. The van der Waals surface area contributed by atoms with Crippen LogP contribution in [0.25, 0.3) is 0 Å². The van der Waals surface area contributed by atoms with Crippen LogP contribution in [0.4, 0.5) is 0 Å². The van der Waals surface area contributed by atoms with Crippen LogP contribution in [0.5, 0.6) is 0 Å². The van der Waals surface area contributed by atoms with E-state index in [1.165, 1.54) is 31.4 Å². The fourth-order valence-electron chi connectivity index (χ4n) is 3.73. The molecule has 0 bridgehead atoms. The highest BCUT2D eigenvalue weighted by molar-refractivity contribution is 6.70. The normalized spacial score (nSPS) is 35.8. The van der Waals surface area contributed by atoms with Crippen LogP contribution in [0.1, 0.15) is 46.5 Å². The monoisotopic (exact) mass is 266 g/mol. The average molecular weight is 267 g/mol. The molecule has 2 aliphatic rings. The van der Waals surface area contributed by atoms with Crippen LogP contribution in [0, 0.1) is 23.2 Å². The van der Waals surface area contributed by atoms with Gasteiger partial charge in [-0.3, -0.25) is 0 Å². The minimum Gasteiger partial charge on any atom is -0.547 e. The SMILES string of the molecule is CC(C)C[C@@H]1C=C(O[Si](C)(C)C)[C@H]2CC[C@@]2(C)C1. The number of allylic oxidation sites excluding steroid dienone is 2. The van der Waals surface area contributed by atoms with Crippen LogP contribution in [0.15, 0.2) is 11.8 Å². The largest absolute Gasteiger partial charge is 0.547 e. The van der Waals surface area contributed by atoms with Crippen LogP contribution in [-0.2, 0) is 4.43 Å². The summed E-state index contributed by atoms with van der Waals surface area (Å²) in [7, 11) is -1.45. The van der Waals surface area contributed by atoms with Gasteiger partial charge in [-0.25, -0.2) is 0 Å². The van der Waals surface area contributed by atoms with Crippen molar-refractivity contribution < 1.29 is 4.43 Å². The Morgan fingerprint density at radius 1 is 1.39 bits per heavy atom. The molecule has 2 heteroatoms. The highest BCUT2D eigenvalue weighted by Crippen LogP contribution is 2.58. The first-order chi connectivity index (χ1) is 8.20. The standard InChI is InChI=1S/C16H30OSi/c1-12(2)9-13-10-15(17-18(4,5)6)14-7-8-16(14,3)11-13/h10,12-14H,7-9,11H2,1-6H3/t13-,14-,16+/m1/s1. The molecule has 104 valence electrons. The van der Waals surface area contributed by atoms with E-state index in [1.807, 2.05) is 0 Å². The van der Waals surface area contributed by atoms with E-state index in [9.17, 15) is 0 Å². The summed E-state index contributed by atoms with van der Waals surface area (Å²) in [4.78, 5) is 0. The Hall–Kier alpha value is -0.243. The molecule has 2 aliphatic carbocycles. The molecule has 0 aromatic heterocycles. The third-order valence-corrected chi connectivity index (χ3v) is 5.36. The van der Waals surface area contributed by atoms with E-state index in [0.29, 0.717) is 5.41 Å². The van der Waals surface area contributed by atoms with Gasteiger partial charge in [0, 0.05) is 5.92 Å². The number of rotatable bonds is 4. The second-order valence-electron chi connectivity index (χ2n) is 8.12. The van der Waals surface area contributed by atoms with Crippen molar-refractivity contribution in [1.29, 1.82) is 0 Å². The summed E-state index contributed by atoms with van der Waals surface area (Å²) in [6.45, 7) is 14.1. The molecular formula is C16H30OSi. The Bertz CT molecular complexity index is 339. The maximum Gasteiger partial charge on any atom is 0.241 e. The quantitative estimate of drug-likeness (QED) is 0.635. The van der Waals surface area contributed by atoms with Crippen molar-refractivity contribution in [1.82, 2.24) is 0 Å². The number of fused-ring (bicyclic) bond motifs is 1. The molecule has 18 heavy (non-hydrogen) atoms. The van der Waals surface area contributed by atoms with Gasteiger partial charge in [-0.1, -0.05) is 20.8 Å². The molecule has 1 saturated carbocycles. The average Bonchev–Trinajstić information content (AvgIpc) is 2.09. The van der Waals surface area contributed by atoms with Crippen molar-refractivity contribution in [3.05, 3.63) is 11.8 Å². The molecular weight excluding hydrogens is 236 g/mol. The molecule has 0 aliphatic heterocycles. The van der Waals surface area contributed by atoms with E-state index in [-0.39, 0.29) is 0 Å². The van der Waals surface area contributed by atoms with Gasteiger partial charge in [0.15, 0.2) is 0 Å². The summed E-state index contributed by atoms with van der Waals surface area (Å²) in [5.41, 5.74) is 0.545. The van der Waals surface area contributed by atoms with Gasteiger partial charge in [0.05, 0.1) is 5.76 Å². The van der Waals surface area contributed by atoms with Gasteiger partial charge in [-0.2, -0.15) is 0 Å². The Balaban J connectivity index is 2.15. The lowest BCUT2D eigenvalue weighted by Crippen LogP contribution is -2.45. The molecule has 2 rings (SSSR count). The van der Waals surface area contributed by atoms with Crippen molar-refractivity contribution in [2.75, 3.05) is 0 Å². The molecule has 1 fully saturated rings. The number of hydrogen-bond donors (Lipinski definition) is 0. The molecule has 3 atom stereocenters. The topological polar surface area (TPSA) is 9.23 Å². The summed E-state index contributed by atoms with van der Waals surface area (Å²) >= 11 is 0. The summed E-state index contributed by atoms with van der Waals surface area (Å²) in [6.07, 6.45) is 7.94. The minimum atomic E-state index is -1.45. The smallest absolute Gasteiger partial charge is 0.241 e. The fraction of sp³-hybridized carbons (Fsp3) is 0.875. The van der Waals surface area contributed by atoms with Crippen molar-refractivity contribution in [3.63, 3.8) is 0 Å². The van der Waals surface area contributed by atoms with E-state index in [1.54, 1.807) is 0 Å². The molecule has 0 aromatic carbocycles. The molecule has 0 amide bonds. The van der Waals surface area contributed by atoms with Crippen LogP contribution in [-0.4, -0.2) is 8.32 Å². The third-order valence-electron chi connectivity index (χ3n) is 4.52. The predicted molar refractivity (Wildman–Crippen MR) is 80.9 cm³/mol. The highest BCUT2D eigenvalue weighted by atomic mass is 28.4. The Morgan fingerprint density at radius 3 is 2.50 bits per heavy atom. The van der Waals surface area contributed by atoms with E-state index < -0.39 is 8.32 Å². The van der Waals surface area contributed by atoms with E-state index >= 15 is 0 Å². The molecule has 0 N–H and O–H groups in total. The highest BCUT2D eigenvalue weighted by Gasteiger charge is 2.49. The summed E-state index contributed by atoms with van der Waals surface area (Å²) in [5.74, 6) is 3.63. The zero-order chi connectivity index (χ0) is 13.6. The Kier molecular flexibility index (Phi) is 3.70. The summed E-state index contributed by atoms with van der Waals surface area (Å²) in [6, 6.07) is 0. The first-order valence-electron chi connectivity index (χ1n) is 7.60. The van der Waals surface area contributed by atoms with Crippen LogP contribution in [0.2, 0.25) is 19.6 Å². The Morgan fingerprint density at radius 2 is 2.06 bits per heavy atom. The van der Waals surface area contributed by atoms with Gasteiger partial charge < -0.3 is 4.43 Å². The maximum atomic E-state index is 6.39. The first-order valence-corrected chi connectivity index (χ1v) is 11.0. The zero-order valence-electron chi connectivity index (χ0n) is 13.0. The summed E-state index contributed by atoms with van der Waals surface area (Å²) in [5, 5.41) is 0. The maximum absolute atomic E-state index is 6.39. The lowest BCUT2D eigenvalue weighted by atomic mass is 9.54. The first kappa shape index (κ1) is 14.2. The molecule has 0 saturated heterocycles. The van der Waals surface area contributed by atoms with Gasteiger partial charge >= 0.3 is 0 Å². The van der Waals surface area contributed by atoms with Gasteiger partial charge in [0.2, 0.25) is 8.32 Å². The van der Waals surface area contributed by atoms with Gasteiger partial charge in [-0.05, 0) is 68.7 Å². The fourth-order valence-corrected chi connectivity index (χ4v) is 4.65. The van der Waals surface area contributed by atoms with Gasteiger partial charge in [0.1, 0.15) is 0 Å². The molecule has 0 aromatic rings. The predicted octanol–water partition coefficient (Wildman–Crippen LogP) is 5.20. The van der Waals surface area contributed by atoms with E-state index in [4.69, 9.17) is 4.43 Å². The van der Waals surface area contributed by atoms with E-state index in [2.05, 4.69) is 46.5 Å². The Labute approximate surface area is 114 Å². The van der Waals surface area contributed by atoms with Gasteiger partial charge in [0.25, 0.3) is 0 Å². The second-order valence-corrected chi connectivity index (χ2v) is 12.6. The van der Waals surface area contributed by atoms with Crippen LogP contribution >= 0.6 is 0 Å². The molecule has 0 spiro atoms. The number of hydrogen-bond acceptors (Lipinski definition) is 1. The molecule has 0 radical (unpaired) electrons. The third kappa shape index (κ3) is 3.01. The molecule has 0 unspecified atom stereocenters. The molecule has 1 nitrogen and oxygen atoms in total. The van der Waals surface area contributed by atoms with Crippen molar-refractivity contribution in [2.45, 2.75) is 66.1 Å². The van der Waals surface area contributed by atoms with Crippen LogP contribution in [0.3, 0.4) is 0 Å². The molecule has 0 heterocycles.